The summed E-state index contributed by atoms with van der Waals surface area (Å²) in [6.07, 6.45) is 6.51. The lowest BCUT2D eigenvalue weighted by Gasteiger charge is -2.07. The van der Waals surface area contributed by atoms with E-state index in [-0.39, 0.29) is 35.3 Å². The molecule has 0 saturated heterocycles. The van der Waals surface area contributed by atoms with Crippen LogP contribution in [0.1, 0.15) is 64.7 Å². The molecule has 0 bridgehead atoms. The number of hydrogen-bond donors (Lipinski definition) is 2. The monoisotopic (exact) mass is 412 g/mol. The molecule has 8 nitrogen and oxygen atoms in total. The van der Waals surface area contributed by atoms with Crippen LogP contribution in [0.25, 0.3) is 5.78 Å². The number of fused-ring (bicyclic) bond motifs is 1. The van der Waals surface area contributed by atoms with Gasteiger partial charge < -0.3 is 11.1 Å². The van der Waals surface area contributed by atoms with Crippen LogP contribution < -0.4 is 11.1 Å². The van der Waals surface area contributed by atoms with Crippen molar-refractivity contribution in [2.24, 2.45) is 5.73 Å². The van der Waals surface area contributed by atoms with Gasteiger partial charge in [-0.25, -0.2) is 9.37 Å². The number of nitrogens with zero attached hydrogens (tertiary/aromatic N) is 4. The Morgan fingerprint density at radius 2 is 2.00 bits per heavy atom. The van der Waals surface area contributed by atoms with Crippen LogP contribution in [0.3, 0.4) is 0 Å². The Kier molecular flexibility index (Phi) is 6.83. The zero-order valence-electron chi connectivity index (χ0n) is 17.1. The van der Waals surface area contributed by atoms with E-state index in [2.05, 4.69) is 20.4 Å². The number of nitrogens with one attached hydrogen (secondary N) is 1. The Morgan fingerprint density at radius 1 is 1.27 bits per heavy atom. The highest BCUT2D eigenvalue weighted by molar-refractivity contribution is 5.98. The highest BCUT2D eigenvalue weighted by Gasteiger charge is 2.16. The molecule has 1 aliphatic carbocycles. The molecule has 0 unspecified atom stereocenters. The van der Waals surface area contributed by atoms with Crippen LogP contribution in [0.2, 0.25) is 0 Å². The van der Waals surface area contributed by atoms with Gasteiger partial charge in [0.25, 0.3) is 11.7 Å². The molecule has 0 radical (unpaired) electrons. The van der Waals surface area contributed by atoms with Gasteiger partial charge in [-0.3, -0.25) is 9.59 Å². The van der Waals surface area contributed by atoms with E-state index >= 15 is 0 Å². The molecule has 0 atom stereocenters. The van der Waals surface area contributed by atoms with E-state index in [9.17, 15) is 14.0 Å². The van der Waals surface area contributed by atoms with Crippen molar-refractivity contribution < 1.29 is 14.0 Å². The first-order valence-corrected chi connectivity index (χ1v) is 9.85. The molecule has 9 heteroatoms. The Labute approximate surface area is 173 Å². The maximum absolute atomic E-state index is 13.3. The van der Waals surface area contributed by atoms with Gasteiger partial charge in [-0.1, -0.05) is 25.0 Å². The third-order valence-corrected chi connectivity index (χ3v) is 4.92. The fourth-order valence-electron chi connectivity index (χ4n) is 3.23. The van der Waals surface area contributed by atoms with Gasteiger partial charge in [0.1, 0.15) is 23.5 Å². The molecule has 4 rings (SSSR count). The Balaban J connectivity index is 0.000000367. The molecule has 2 heterocycles. The van der Waals surface area contributed by atoms with Gasteiger partial charge in [0.2, 0.25) is 0 Å². The summed E-state index contributed by atoms with van der Waals surface area (Å²) in [6, 6.07) is 6.52. The molecule has 3 aromatic rings. The summed E-state index contributed by atoms with van der Waals surface area (Å²) in [6.45, 7) is 3.24. The van der Waals surface area contributed by atoms with E-state index in [0.29, 0.717) is 11.6 Å². The van der Waals surface area contributed by atoms with Crippen LogP contribution in [0.4, 0.5) is 4.39 Å². The van der Waals surface area contributed by atoms with Crippen molar-refractivity contribution in [2.75, 3.05) is 0 Å². The summed E-state index contributed by atoms with van der Waals surface area (Å²) < 4.78 is 14.5. The number of benzene rings is 1. The van der Waals surface area contributed by atoms with Gasteiger partial charge in [0.05, 0.1) is 0 Å². The van der Waals surface area contributed by atoms with Gasteiger partial charge in [0.15, 0.2) is 5.78 Å². The number of carbonyl (C=O) groups is 2. The van der Waals surface area contributed by atoms with Crippen molar-refractivity contribution in [2.45, 2.75) is 52.1 Å². The first-order valence-electron chi connectivity index (χ1n) is 9.85. The smallest absolute Gasteiger partial charge is 0.270 e. The fourth-order valence-corrected chi connectivity index (χ4v) is 3.23. The number of Topliss-reactive ketones (excluding diaryl/α,β-unsaturated/α-hetero) is 1. The summed E-state index contributed by atoms with van der Waals surface area (Å²) in [5.41, 5.74) is 7.09. The highest BCUT2D eigenvalue weighted by atomic mass is 19.1. The van der Waals surface area contributed by atoms with E-state index in [1.807, 2.05) is 0 Å². The molecular weight excluding hydrogens is 387 g/mol. The minimum atomic E-state index is -0.454. The quantitative estimate of drug-likeness (QED) is 0.637. The lowest BCUT2D eigenvalue weighted by molar-refractivity contribution is 0.0946. The molecule has 0 aliphatic heterocycles. The number of ketones is 1. The number of nitrogens with two attached hydrogens (primary N) is 1. The van der Waals surface area contributed by atoms with Crippen LogP contribution in [0.5, 0.6) is 0 Å². The van der Waals surface area contributed by atoms with Crippen molar-refractivity contribution in [3.63, 3.8) is 0 Å². The van der Waals surface area contributed by atoms with Crippen LogP contribution in [-0.2, 0) is 6.54 Å². The van der Waals surface area contributed by atoms with Crippen LogP contribution in [0.15, 0.2) is 30.6 Å². The van der Waals surface area contributed by atoms with Crippen LogP contribution >= 0.6 is 0 Å². The molecule has 1 amide bonds. The second-order valence-electron chi connectivity index (χ2n) is 7.37. The third kappa shape index (κ3) is 5.24. The Hall–Kier alpha value is -3.20. The minimum Gasteiger partial charge on any atom is -0.347 e. The van der Waals surface area contributed by atoms with Gasteiger partial charge in [0, 0.05) is 19.5 Å². The summed E-state index contributed by atoms with van der Waals surface area (Å²) >= 11 is 0. The van der Waals surface area contributed by atoms with E-state index in [4.69, 9.17) is 5.73 Å². The lowest BCUT2D eigenvalue weighted by atomic mass is 10.1. The van der Waals surface area contributed by atoms with Crippen molar-refractivity contribution >= 4 is 17.5 Å². The van der Waals surface area contributed by atoms with Gasteiger partial charge in [-0.15, -0.1) is 0 Å². The third-order valence-electron chi connectivity index (χ3n) is 4.92. The largest absolute Gasteiger partial charge is 0.347 e. The molecule has 1 aliphatic rings. The second kappa shape index (κ2) is 9.53. The number of halogens is 1. The number of rotatable bonds is 4. The fraction of sp³-hybridized carbons (Fsp3) is 0.381. The van der Waals surface area contributed by atoms with Gasteiger partial charge >= 0.3 is 0 Å². The molecule has 3 N–H and O–H groups in total. The predicted octanol–water partition coefficient (Wildman–Crippen LogP) is 2.59. The van der Waals surface area contributed by atoms with Gasteiger partial charge in [-0.05, 0) is 43.0 Å². The maximum atomic E-state index is 13.3. The zero-order chi connectivity index (χ0) is 21.7. The molecule has 30 heavy (non-hydrogen) atoms. The summed E-state index contributed by atoms with van der Waals surface area (Å²) in [7, 11) is 0. The summed E-state index contributed by atoms with van der Waals surface area (Å²) in [4.78, 5) is 32.0. The number of amides is 1. The number of aromatic nitrogens is 4. The first kappa shape index (κ1) is 21.5. The van der Waals surface area contributed by atoms with Gasteiger partial charge in [-0.2, -0.15) is 14.6 Å². The van der Waals surface area contributed by atoms with Crippen molar-refractivity contribution in [3.05, 3.63) is 58.9 Å². The average Bonchev–Trinajstić information content (AvgIpc) is 3.39. The Bertz CT molecular complexity index is 1060. The standard InChI is InChI=1S/C16H14FN5O2.C5H11N/c1-9-5-11(3-4-12(9)17)7-18-15(24)13-6-14(10(2)23)22-16(21-13)19-8-20-22;6-5-3-1-2-4-5/h3-6,8H,7H2,1-2H3,(H,18,24);5H,1-4,6H2. The van der Waals surface area contributed by atoms with Crippen molar-refractivity contribution in [3.8, 4) is 0 Å². The summed E-state index contributed by atoms with van der Waals surface area (Å²) in [5.74, 6) is -0.832. The maximum Gasteiger partial charge on any atom is 0.270 e. The van der Waals surface area contributed by atoms with E-state index < -0.39 is 5.91 Å². The number of aryl methyl sites for hydroxylation is 1. The van der Waals surface area contributed by atoms with Crippen LogP contribution in [0, 0.1) is 12.7 Å². The highest BCUT2D eigenvalue weighted by Crippen LogP contribution is 2.14. The Morgan fingerprint density at radius 3 is 2.60 bits per heavy atom. The molecule has 2 aromatic heterocycles. The van der Waals surface area contributed by atoms with E-state index in [1.165, 1.54) is 55.6 Å². The molecule has 158 valence electrons. The minimum absolute atomic E-state index is 0.0690. The molecule has 1 saturated carbocycles. The second-order valence-corrected chi connectivity index (χ2v) is 7.37. The first-order chi connectivity index (χ1) is 14.3. The van der Waals surface area contributed by atoms with Crippen molar-refractivity contribution in [1.29, 1.82) is 0 Å². The molecule has 0 spiro atoms. The van der Waals surface area contributed by atoms with E-state index in [1.54, 1.807) is 19.1 Å². The topological polar surface area (TPSA) is 115 Å². The molecule has 1 fully saturated rings. The lowest BCUT2D eigenvalue weighted by Crippen LogP contribution is -2.25. The summed E-state index contributed by atoms with van der Waals surface area (Å²) in [5, 5.41) is 6.60. The normalized spacial score (nSPS) is 13.7. The van der Waals surface area contributed by atoms with Crippen LogP contribution in [-0.4, -0.2) is 37.3 Å². The molecular formula is C21H25FN6O2. The zero-order valence-corrected chi connectivity index (χ0v) is 17.1. The SMILES string of the molecule is CC(=O)c1cc(C(=O)NCc2ccc(F)c(C)c2)nc2ncnn12.NC1CCCC1. The predicted molar refractivity (Wildman–Crippen MR) is 110 cm³/mol. The van der Waals surface area contributed by atoms with E-state index in [0.717, 1.165) is 5.56 Å². The average molecular weight is 412 g/mol. The number of carbonyl (C=O) groups excluding carboxylic acids is 2. The van der Waals surface area contributed by atoms with Crippen molar-refractivity contribution in [1.82, 2.24) is 24.9 Å². The molecule has 1 aromatic carbocycles. The number of hydrogen-bond acceptors (Lipinski definition) is 6.